The van der Waals surface area contributed by atoms with Crippen molar-refractivity contribution in [1.82, 2.24) is 0 Å². The largest absolute Gasteiger partial charge is 0.462 e. The molecule has 2 fully saturated rings. The van der Waals surface area contributed by atoms with E-state index in [1.807, 2.05) is 0 Å². The van der Waals surface area contributed by atoms with Crippen LogP contribution in [0, 0.1) is 40.4 Å². The fourth-order valence-corrected chi connectivity index (χ4v) is 7.63. The number of allylic oxidation sites excluding steroid dienone is 1. The minimum Gasteiger partial charge on any atom is -0.462 e. The van der Waals surface area contributed by atoms with Crippen LogP contribution in [-0.2, 0) is 14.3 Å². The fourth-order valence-electron chi connectivity index (χ4n) is 7.63. The van der Waals surface area contributed by atoms with Gasteiger partial charge in [-0.1, -0.05) is 51.5 Å². The molecule has 0 radical (unpaired) electrons. The number of carbonyl (C=O) groups excluding carboxylic acids is 2. The number of hydrogen-bond acceptors (Lipinski definition) is 5. The van der Waals surface area contributed by atoms with Gasteiger partial charge in [-0.3, -0.25) is 9.59 Å². The molecule has 0 spiro atoms. The Morgan fingerprint density at radius 3 is 2.51 bits per heavy atom. The first-order valence-corrected chi connectivity index (χ1v) is 13.7. The highest BCUT2D eigenvalue weighted by Gasteiger charge is 2.56. The van der Waals surface area contributed by atoms with Crippen LogP contribution in [0.5, 0.6) is 0 Å². The van der Waals surface area contributed by atoms with Crippen LogP contribution in [0.15, 0.2) is 23.8 Å². The second-order valence-electron chi connectivity index (χ2n) is 12.5. The zero-order valence-corrected chi connectivity index (χ0v) is 22.8. The third-order valence-electron chi connectivity index (χ3n) is 10.1. The van der Waals surface area contributed by atoms with Crippen molar-refractivity contribution in [2.75, 3.05) is 6.61 Å². The second-order valence-corrected chi connectivity index (χ2v) is 12.5. The first kappa shape index (κ1) is 28.1. The van der Waals surface area contributed by atoms with Gasteiger partial charge in [0.1, 0.15) is 11.9 Å². The summed E-state index contributed by atoms with van der Waals surface area (Å²) >= 11 is 0. The van der Waals surface area contributed by atoms with Gasteiger partial charge in [-0.05, 0) is 81.0 Å². The smallest absolute Gasteiger partial charge is 0.302 e. The maximum absolute atomic E-state index is 14.0. The molecule has 2 saturated carbocycles. The van der Waals surface area contributed by atoms with E-state index in [1.165, 1.54) is 6.92 Å². The Kier molecular flexibility index (Phi) is 8.74. The van der Waals surface area contributed by atoms with Gasteiger partial charge in [-0.15, -0.1) is 0 Å². The van der Waals surface area contributed by atoms with Gasteiger partial charge in [-0.25, -0.2) is 0 Å². The Morgan fingerprint density at radius 1 is 1.23 bits per heavy atom. The maximum atomic E-state index is 14.0. The summed E-state index contributed by atoms with van der Waals surface area (Å²) < 4.78 is 5.47. The molecular weight excluding hydrogens is 440 g/mol. The van der Waals surface area contributed by atoms with Crippen LogP contribution in [0.2, 0.25) is 0 Å². The van der Waals surface area contributed by atoms with Crippen molar-refractivity contribution < 1.29 is 24.5 Å². The summed E-state index contributed by atoms with van der Waals surface area (Å²) in [4.78, 5) is 25.5. The number of ether oxygens (including phenoxy) is 1. The van der Waals surface area contributed by atoms with E-state index in [-0.39, 0.29) is 47.8 Å². The number of fused-ring (bicyclic) bond motifs is 1. The van der Waals surface area contributed by atoms with Crippen molar-refractivity contribution in [3.63, 3.8) is 0 Å². The van der Waals surface area contributed by atoms with Crippen LogP contribution in [0.1, 0.15) is 92.9 Å². The average Bonchev–Trinajstić information content (AvgIpc) is 3.11. The molecule has 5 heteroatoms. The zero-order valence-electron chi connectivity index (χ0n) is 22.8. The normalized spacial score (nSPS) is 36.9. The lowest BCUT2D eigenvalue weighted by Gasteiger charge is -2.48. The number of Topliss-reactive ketones (excluding diaryl/α,β-unsaturated/α-hetero) is 1. The Balaban J connectivity index is 1.81. The average molecular weight is 489 g/mol. The van der Waals surface area contributed by atoms with E-state index in [1.54, 1.807) is 0 Å². The van der Waals surface area contributed by atoms with E-state index in [2.05, 4.69) is 47.3 Å². The molecule has 0 amide bonds. The number of rotatable bonds is 9. The van der Waals surface area contributed by atoms with Crippen molar-refractivity contribution in [2.45, 2.75) is 105 Å². The highest BCUT2D eigenvalue weighted by Crippen LogP contribution is 2.60. The monoisotopic (exact) mass is 488 g/mol. The molecule has 0 aromatic carbocycles. The number of ketones is 1. The molecule has 3 aliphatic rings. The number of carbonyl (C=O) groups is 2. The molecule has 3 rings (SSSR count). The van der Waals surface area contributed by atoms with Crippen molar-refractivity contribution >= 4 is 11.8 Å². The Bertz CT molecular complexity index is 844. The van der Waals surface area contributed by atoms with Crippen molar-refractivity contribution in [3.05, 3.63) is 23.8 Å². The molecule has 0 heterocycles. The van der Waals surface area contributed by atoms with Gasteiger partial charge in [-0.2, -0.15) is 0 Å². The summed E-state index contributed by atoms with van der Waals surface area (Å²) in [6, 6.07) is 0. The third kappa shape index (κ3) is 5.46. The van der Waals surface area contributed by atoms with Crippen LogP contribution in [0.3, 0.4) is 0 Å². The van der Waals surface area contributed by atoms with E-state index >= 15 is 0 Å². The zero-order chi connectivity index (χ0) is 26.1. The summed E-state index contributed by atoms with van der Waals surface area (Å²) in [5.74, 6) is 0.861. The van der Waals surface area contributed by atoms with E-state index in [9.17, 15) is 19.8 Å². The van der Waals surface area contributed by atoms with Gasteiger partial charge in [0.15, 0.2) is 0 Å². The SMILES string of the molecule is C=C(CC(O)C(C)C1CCC(C2CC=C3CC(OC(C)=O)CCC3(C)C2=O)C1(C)CCO)C(C)C. The minimum absolute atomic E-state index is 0.0643. The first-order valence-electron chi connectivity index (χ1n) is 13.7. The topological polar surface area (TPSA) is 83.8 Å². The molecule has 2 N–H and O–H groups in total. The predicted molar refractivity (Wildman–Crippen MR) is 138 cm³/mol. The molecule has 0 aliphatic heterocycles. The van der Waals surface area contributed by atoms with E-state index < -0.39 is 11.5 Å². The Labute approximate surface area is 212 Å². The highest BCUT2D eigenvalue weighted by atomic mass is 16.5. The molecular formula is C30H48O5. The molecule has 5 nitrogen and oxygen atoms in total. The van der Waals surface area contributed by atoms with Crippen LogP contribution < -0.4 is 0 Å². The lowest BCUT2D eigenvalue weighted by molar-refractivity contribution is -0.148. The lowest BCUT2D eigenvalue weighted by atomic mass is 9.55. The third-order valence-corrected chi connectivity index (χ3v) is 10.1. The second kappa shape index (κ2) is 10.9. The summed E-state index contributed by atoms with van der Waals surface area (Å²) in [7, 11) is 0. The van der Waals surface area contributed by atoms with E-state index in [0.29, 0.717) is 37.4 Å². The van der Waals surface area contributed by atoms with Crippen molar-refractivity contribution in [1.29, 1.82) is 0 Å². The highest BCUT2D eigenvalue weighted by molar-refractivity contribution is 5.91. The van der Waals surface area contributed by atoms with Crippen LogP contribution in [0.4, 0.5) is 0 Å². The van der Waals surface area contributed by atoms with Crippen molar-refractivity contribution in [2.24, 2.45) is 40.4 Å². The standard InChI is InChI=1S/C30H48O5/c1-18(2)19(3)16-27(33)20(4)25-10-11-26(30(25,7)14-15-31)24-9-8-22-17-23(35-21(5)32)12-13-29(22,6)28(24)34/h8,18,20,23-27,31,33H,3,9-17H2,1-2,4-7H3. The van der Waals surface area contributed by atoms with Gasteiger partial charge in [0.25, 0.3) is 0 Å². The molecule has 0 aromatic rings. The van der Waals surface area contributed by atoms with Gasteiger partial charge in [0.05, 0.1) is 6.10 Å². The number of aliphatic hydroxyl groups excluding tert-OH is 2. The van der Waals surface area contributed by atoms with Crippen molar-refractivity contribution in [3.8, 4) is 0 Å². The summed E-state index contributed by atoms with van der Waals surface area (Å²) in [6.07, 6.45) is 7.63. The molecule has 8 unspecified atom stereocenters. The van der Waals surface area contributed by atoms with E-state index in [0.717, 1.165) is 36.8 Å². The van der Waals surface area contributed by atoms with E-state index in [4.69, 9.17) is 4.74 Å². The molecule has 8 atom stereocenters. The van der Waals surface area contributed by atoms with Gasteiger partial charge in [0.2, 0.25) is 0 Å². The van der Waals surface area contributed by atoms with Gasteiger partial charge < -0.3 is 14.9 Å². The molecule has 3 aliphatic carbocycles. The molecule has 0 saturated heterocycles. The molecule has 198 valence electrons. The van der Waals surface area contributed by atoms with Gasteiger partial charge in [0, 0.05) is 31.3 Å². The fraction of sp³-hybridized carbons (Fsp3) is 0.800. The summed E-state index contributed by atoms with van der Waals surface area (Å²) in [5, 5.41) is 21.1. The Hall–Kier alpha value is -1.46. The number of hydrogen-bond donors (Lipinski definition) is 2. The van der Waals surface area contributed by atoms with Crippen LogP contribution in [-0.4, -0.2) is 40.8 Å². The molecule has 0 aromatic heterocycles. The van der Waals surface area contributed by atoms with Crippen LogP contribution in [0.25, 0.3) is 0 Å². The molecule has 0 bridgehead atoms. The lowest BCUT2D eigenvalue weighted by Crippen LogP contribution is -2.48. The number of aliphatic hydroxyl groups is 2. The summed E-state index contributed by atoms with van der Waals surface area (Å²) in [5.41, 5.74) is 1.51. The Morgan fingerprint density at radius 2 is 1.91 bits per heavy atom. The number of esters is 1. The summed E-state index contributed by atoms with van der Waals surface area (Å²) in [6.45, 7) is 16.4. The minimum atomic E-state index is -0.488. The first-order chi connectivity index (χ1) is 16.3. The van der Waals surface area contributed by atoms with Gasteiger partial charge >= 0.3 is 5.97 Å². The quantitative estimate of drug-likeness (QED) is 0.324. The predicted octanol–water partition coefficient (Wildman–Crippen LogP) is 5.64. The van der Waals surface area contributed by atoms with Crippen LogP contribution >= 0.6 is 0 Å². The molecule has 35 heavy (non-hydrogen) atoms. The maximum Gasteiger partial charge on any atom is 0.302 e.